The highest BCUT2D eigenvalue weighted by Crippen LogP contribution is 2.26. The first-order valence-electron chi connectivity index (χ1n) is 8.79. The second-order valence-corrected chi connectivity index (χ2v) is 6.07. The van der Waals surface area contributed by atoms with Crippen LogP contribution in [-0.4, -0.2) is 30.1 Å². The van der Waals surface area contributed by atoms with E-state index in [1.807, 2.05) is 49.4 Å². The fraction of sp³-hybridized carbons (Fsp3) is 0.182. The van der Waals surface area contributed by atoms with Crippen LogP contribution in [0.4, 0.5) is 5.69 Å². The Morgan fingerprint density at radius 3 is 2.37 bits per heavy atom. The van der Waals surface area contributed by atoms with Gasteiger partial charge in [-0.2, -0.15) is 0 Å². The topological polar surface area (TPSA) is 66.8 Å². The van der Waals surface area contributed by atoms with E-state index in [4.69, 9.17) is 9.84 Å². The van der Waals surface area contributed by atoms with Gasteiger partial charge in [-0.05, 0) is 36.1 Å². The van der Waals surface area contributed by atoms with Gasteiger partial charge in [-0.1, -0.05) is 48.5 Å². The first-order valence-corrected chi connectivity index (χ1v) is 8.79. The molecule has 0 aliphatic heterocycles. The number of amides is 1. The van der Waals surface area contributed by atoms with E-state index in [0.717, 1.165) is 16.5 Å². The number of carbonyl (C=O) groups is 2. The third-order valence-electron chi connectivity index (χ3n) is 4.37. The van der Waals surface area contributed by atoms with Crippen LogP contribution in [0.1, 0.15) is 22.8 Å². The molecule has 27 heavy (non-hydrogen) atoms. The van der Waals surface area contributed by atoms with Crippen LogP contribution in [0.15, 0.2) is 66.7 Å². The lowest BCUT2D eigenvalue weighted by atomic mass is 10.1. The van der Waals surface area contributed by atoms with E-state index in [1.165, 1.54) is 0 Å². The van der Waals surface area contributed by atoms with Crippen molar-refractivity contribution in [1.29, 1.82) is 0 Å². The Morgan fingerprint density at radius 2 is 1.67 bits per heavy atom. The number of benzene rings is 3. The number of likely N-dealkylation sites (N-methyl/N-ethyl adjacent to an activating group) is 1. The van der Waals surface area contributed by atoms with Gasteiger partial charge in [0.1, 0.15) is 0 Å². The minimum Gasteiger partial charge on any atom is -0.452 e. The summed E-state index contributed by atoms with van der Waals surface area (Å²) < 4.78 is 5.19. The van der Waals surface area contributed by atoms with Gasteiger partial charge in [-0.25, -0.2) is 4.79 Å². The molecule has 5 heteroatoms. The Morgan fingerprint density at radius 1 is 0.963 bits per heavy atom. The number of anilines is 1. The first-order chi connectivity index (χ1) is 13.1. The first kappa shape index (κ1) is 18.6. The lowest BCUT2D eigenvalue weighted by Gasteiger charge is -2.22. The molecule has 0 radical (unpaired) electrons. The van der Waals surface area contributed by atoms with E-state index in [1.54, 1.807) is 29.2 Å². The molecule has 5 nitrogen and oxygen atoms in total. The molecule has 0 saturated heterocycles. The van der Waals surface area contributed by atoms with Gasteiger partial charge in [0.2, 0.25) is 0 Å². The number of ether oxygens (including phenoxy) is 1. The monoisotopic (exact) mass is 363 g/mol. The van der Waals surface area contributed by atoms with Crippen LogP contribution in [0.25, 0.3) is 10.8 Å². The molecule has 138 valence electrons. The van der Waals surface area contributed by atoms with Crippen molar-refractivity contribution in [3.8, 4) is 0 Å². The molecule has 0 fully saturated rings. The molecule has 3 aromatic rings. The predicted octanol–water partition coefficient (Wildman–Crippen LogP) is 3.54. The Bertz CT molecular complexity index is 945. The Hall–Kier alpha value is -3.18. The molecule has 3 rings (SSSR count). The van der Waals surface area contributed by atoms with E-state index in [0.29, 0.717) is 17.7 Å². The maximum atomic E-state index is 12.7. The van der Waals surface area contributed by atoms with Crippen molar-refractivity contribution in [3.05, 3.63) is 77.9 Å². The molecule has 0 spiro atoms. The summed E-state index contributed by atoms with van der Waals surface area (Å²) >= 11 is 0. The van der Waals surface area contributed by atoms with Crippen LogP contribution in [0.5, 0.6) is 0 Å². The molecule has 0 atom stereocenters. The fourth-order valence-corrected chi connectivity index (χ4v) is 2.96. The highest BCUT2D eigenvalue weighted by atomic mass is 16.5. The summed E-state index contributed by atoms with van der Waals surface area (Å²) in [6.07, 6.45) is 0. The number of rotatable bonds is 6. The molecule has 0 aliphatic carbocycles. The number of carbonyl (C=O) groups excluding carboxylic acids is 2. The second kappa shape index (κ2) is 8.47. The van der Waals surface area contributed by atoms with Gasteiger partial charge < -0.3 is 14.7 Å². The second-order valence-electron chi connectivity index (χ2n) is 6.07. The van der Waals surface area contributed by atoms with Crippen molar-refractivity contribution in [1.82, 2.24) is 0 Å². The van der Waals surface area contributed by atoms with Gasteiger partial charge in [0, 0.05) is 11.9 Å². The fourth-order valence-electron chi connectivity index (χ4n) is 2.96. The summed E-state index contributed by atoms with van der Waals surface area (Å²) in [4.78, 5) is 26.4. The smallest absolute Gasteiger partial charge is 0.338 e. The molecule has 3 aromatic carbocycles. The third-order valence-corrected chi connectivity index (χ3v) is 4.37. The highest BCUT2D eigenvalue weighted by Gasteiger charge is 2.18. The molecule has 0 saturated carbocycles. The zero-order valence-corrected chi connectivity index (χ0v) is 15.1. The molecule has 0 aliphatic rings. The van der Waals surface area contributed by atoms with Gasteiger partial charge in [-0.15, -0.1) is 0 Å². The van der Waals surface area contributed by atoms with Crippen LogP contribution in [0.3, 0.4) is 0 Å². The maximum absolute atomic E-state index is 12.7. The molecule has 0 aromatic heterocycles. The predicted molar refractivity (Wildman–Crippen MR) is 105 cm³/mol. The zero-order chi connectivity index (χ0) is 19.2. The summed E-state index contributed by atoms with van der Waals surface area (Å²) in [7, 11) is 0. The number of nitrogens with zero attached hydrogens (tertiary/aromatic N) is 1. The molecule has 1 amide bonds. The number of hydrogen-bond donors (Lipinski definition) is 1. The van der Waals surface area contributed by atoms with E-state index < -0.39 is 5.97 Å². The van der Waals surface area contributed by atoms with Crippen molar-refractivity contribution in [3.63, 3.8) is 0 Å². The molecule has 0 heterocycles. The highest BCUT2D eigenvalue weighted by molar-refractivity contribution is 6.04. The van der Waals surface area contributed by atoms with E-state index in [-0.39, 0.29) is 19.1 Å². The number of fused-ring (bicyclic) bond motifs is 1. The summed E-state index contributed by atoms with van der Waals surface area (Å²) in [6, 6.07) is 20.1. The van der Waals surface area contributed by atoms with Gasteiger partial charge in [-0.3, -0.25) is 4.79 Å². The molecular weight excluding hydrogens is 342 g/mol. The number of aliphatic hydroxyl groups excluding tert-OH is 1. The van der Waals surface area contributed by atoms with E-state index in [9.17, 15) is 9.59 Å². The van der Waals surface area contributed by atoms with Crippen molar-refractivity contribution >= 4 is 28.3 Å². The minimum absolute atomic E-state index is 0.0930. The van der Waals surface area contributed by atoms with Crippen molar-refractivity contribution < 1.29 is 19.4 Å². The quantitative estimate of drug-likeness (QED) is 0.680. The van der Waals surface area contributed by atoms with Gasteiger partial charge in [0.25, 0.3) is 5.91 Å². The maximum Gasteiger partial charge on any atom is 0.338 e. The van der Waals surface area contributed by atoms with Gasteiger partial charge in [0.05, 0.1) is 17.9 Å². The van der Waals surface area contributed by atoms with Crippen molar-refractivity contribution in [2.45, 2.75) is 13.5 Å². The lowest BCUT2D eigenvalue weighted by Crippen LogP contribution is -2.34. The average Bonchev–Trinajstić information content (AvgIpc) is 2.72. The summed E-state index contributed by atoms with van der Waals surface area (Å²) in [6.45, 7) is 1.92. The van der Waals surface area contributed by atoms with Crippen LogP contribution >= 0.6 is 0 Å². The van der Waals surface area contributed by atoms with Crippen LogP contribution in [-0.2, 0) is 16.1 Å². The lowest BCUT2D eigenvalue weighted by molar-refractivity contribution is -0.121. The number of esters is 1. The summed E-state index contributed by atoms with van der Waals surface area (Å²) in [5, 5.41) is 11.1. The van der Waals surface area contributed by atoms with E-state index in [2.05, 4.69) is 0 Å². The summed E-state index contributed by atoms with van der Waals surface area (Å²) in [5.41, 5.74) is 1.84. The largest absolute Gasteiger partial charge is 0.452 e. The van der Waals surface area contributed by atoms with Gasteiger partial charge >= 0.3 is 5.97 Å². The van der Waals surface area contributed by atoms with Crippen LogP contribution in [0.2, 0.25) is 0 Å². The Labute approximate surface area is 157 Å². The molecular formula is C22H21NO4. The Kier molecular flexibility index (Phi) is 5.84. The summed E-state index contributed by atoms with van der Waals surface area (Å²) in [5.74, 6) is -0.851. The zero-order valence-electron chi connectivity index (χ0n) is 15.1. The van der Waals surface area contributed by atoms with E-state index >= 15 is 0 Å². The SMILES string of the molecule is CCN(C(=O)COC(=O)c1ccc(CO)cc1)c1cccc2ccccc12. The van der Waals surface area contributed by atoms with Crippen LogP contribution < -0.4 is 4.90 Å². The molecule has 0 bridgehead atoms. The minimum atomic E-state index is -0.568. The van der Waals surface area contributed by atoms with Crippen LogP contribution in [0, 0.1) is 0 Å². The Balaban J connectivity index is 1.72. The number of hydrogen-bond acceptors (Lipinski definition) is 4. The molecule has 0 unspecified atom stereocenters. The molecule has 1 N–H and O–H groups in total. The normalized spacial score (nSPS) is 10.6. The number of aliphatic hydroxyl groups is 1. The standard InChI is InChI=1S/C22H21NO4/c1-2-23(20-9-5-7-17-6-3-4-8-19(17)20)21(25)15-27-22(26)18-12-10-16(14-24)11-13-18/h3-13,24H,2,14-15H2,1H3. The third kappa shape index (κ3) is 4.15. The van der Waals surface area contributed by atoms with Gasteiger partial charge in [0.15, 0.2) is 6.61 Å². The van der Waals surface area contributed by atoms with Crippen molar-refractivity contribution in [2.24, 2.45) is 0 Å². The van der Waals surface area contributed by atoms with Crippen molar-refractivity contribution in [2.75, 3.05) is 18.1 Å². The average molecular weight is 363 g/mol.